The maximum absolute atomic E-state index is 6.02. The number of hydrogen-bond acceptors (Lipinski definition) is 2. The molecule has 3 heteroatoms. The van der Waals surface area contributed by atoms with Gasteiger partial charge in [-0.25, -0.2) is 0 Å². The summed E-state index contributed by atoms with van der Waals surface area (Å²) in [5.41, 5.74) is 0.744. The summed E-state index contributed by atoms with van der Waals surface area (Å²) in [4.78, 5) is 0. The molecule has 0 radical (unpaired) electrons. The Morgan fingerprint density at radius 3 is 2.29 bits per heavy atom. The van der Waals surface area contributed by atoms with Crippen LogP contribution in [0.4, 0.5) is 0 Å². The van der Waals surface area contributed by atoms with Gasteiger partial charge in [0.05, 0.1) is 0 Å². The molecule has 0 aromatic heterocycles. The Hall–Kier alpha value is 0.137. The van der Waals surface area contributed by atoms with E-state index in [1.165, 1.54) is 25.7 Å². The lowest BCUT2D eigenvalue weighted by molar-refractivity contribution is 0.170. The molecule has 0 saturated heterocycles. The van der Waals surface area contributed by atoms with Crippen molar-refractivity contribution in [3.8, 4) is 0 Å². The first kappa shape index (κ1) is 12.2. The van der Waals surface area contributed by atoms with Gasteiger partial charge >= 0.3 is 8.56 Å². The second-order valence-electron chi connectivity index (χ2n) is 4.28. The molecule has 1 atom stereocenters. The van der Waals surface area contributed by atoms with Crippen molar-refractivity contribution in [3.05, 3.63) is 0 Å². The van der Waals surface area contributed by atoms with E-state index < -0.39 is 8.56 Å². The lowest BCUT2D eigenvalue weighted by atomic mass is 10.4. The first-order valence-corrected chi connectivity index (χ1v) is 8.40. The normalized spacial score (nSPS) is 22.5. The highest BCUT2D eigenvalue weighted by atomic mass is 28.4. The topological polar surface area (TPSA) is 18.5 Å². The van der Waals surface area contributed by atoms with E-state index in [0.717, 1.165) is 25.2 Å². The van der Waals surface area contributed by atoms with Crippen molar-refractivity contribution in [1.29, 1.82) is 0 Å². The summed E-state index contributed by atoms with van der Waals surface area (Å²) in [6.07, 6.45) is 6.49. The fourth-order valence-electron chi connectivity index (χ4n) is 2.32. The second-order valence-corrected chi connectivity index (χ2v) is 7.70. The number of hydrogen-bond donors (Lipinski definition) is 0. The molecular formula is C11H24O2Si. The molecule has 1 rings (SSSR count). The van der Waals surface area contributed by atoms with Gasteiger partial charge in [-0.15, -0.1) is 0 Å². The quantitative estimate of drug-likeness (QED) is 0.633. The monoisotopic (exact) mass is 216 g/mol. The Balaban J connectivity index is 2.49. The van der Waals surface area contributed by atoms with Crippen LogP contribution >= 0.6 is 0 Å². The average Bonchev–Trinajstić information content (AvgIpc) is 2.68. The summed E-state index contributed by atoms with van der Waals surface area (Å²) >= 11 is 0. The van der Waals surface area contributed by atoms with E-state index in [1.54, 1.807) is 0 Å². The second kappa shape index (κ2) is 5.88. The van der Waals surface area contributed by atoms with Crippen molar-refractivity contribution in [1.82, 2.24) is 0 Å². The third kappa shape index (κ3) is 3.07. The van der Waals surface area contributed by atoms with Crippen molar-refractivity contribution in [2.75, 3.05) is 13.2 Å². The smallest absolute Gasteiger partial charge is 0.338 e. The summed E-state index contributed by atoms with van der Waals surface area (Å²) in [5.74, 6) is 0. The molecule has 14 heavy (non-hydrogen) atoms. The molecule has 1 saturated carbocycles. The highest BCUT2D eigenvalue weighted by Crippen LogP contribution is 2.39. The molecule has 0 aromatic rings. The molecule has 1 aliphatic rings. The summed E-state index contributed by atoms with van der Waals surface area (Å²) in [6.45, 7) is 8.18. The Morgan fingerprint density at radius 2 is 1.79 bits per heavy atom. The predicted octanol–water partition coefficient (Wildman–Crippen LogP) is 3.47. The zero-order valence-electron chi connectivity index (χ0n) is 9.84. The van der Waals surface area contributed by atoms with Gasteiger partial charge in [0.1, 0.15) is 0 Å². The molecule has 1 aliphatic carbocycles. The van der Waals surface area contributed by atoms with Gasteiger partial charge in [0, 0.05) is 18.8 Å². The summed E-state index contributed by atoms with van der Waals surface area (Å²) in [5, 5.41) is 0. The Morgan fingerprint density at radius 1 is 1.14 bits per heavy atom. The van der Waals surface area contributed by atoms with Gasteiger partial charge in [0.25, 0.3) is 0 Å². The molecule has 2 nitrogen and oxygen atoms in total. The molecule has 0 amide bonds. The van der Waals surface area contributed by atoms with Gasteiger partial charge in [-0.3, -0.25) is 0 Å². The van der Waals surface area contributed by atoms with Crippen molar-refractivity contribution in [2.45, 2.75) is 58.0 Å². The van der Waals surface area contributed by atoms with Gasteiger partial charge in [0.2, 0.25) is 0 Å². The van der Waals surface area contributed by atoms with Crippen LogP contribution in [0.3, 0.4) is 0 Å². The van der Waals surface area contributed by atoms with E-state index in [9.17, 15) is 0 Å². The van der Waals surface area contributed by atoms with Crippen molar-refractivity contribution >= 4 is 8.56 Å². The Kier molecular flexibility index (Phi) is 5.13. The average molecular weight is 216 g/mol. The molecule has 0 N–H and O–H groups in total. The summed E-state index contributed by atoms with van der Waals surface area (Å²) < 4.78 is 12.0. The van der Waals surface area contributed by atoms with E-state index in [4.69, 9.17) is 8.85 Å². The molecule has 0 aliphatic heterocycles. The standard InChI is InChI=1S/C11H24O2Si/c1-4-10-13-14(3,12-5-2)11-8-6-7-9-11/h11H,4-10H2,1-3H3. The summed E-state index contributed by atoms with van der Waals surface area (Å²) in [7, 11) is -1.84. The van der Waals surface area contributed by atoms with Crippen LogP contribution in [-0.4, -0.2) is 21.8 Å². The van der Waals surface area contributed by atoms with Crippen LogP contribution < -0.4 is 0 Å². The first-order valence-electron chi connectivity index (χ1n) is 6.00. The molecule has 84 valence electrons. The first-order chi connectivity index (χ1) is 6.73. The van der Waals surface area contributed by atoms with E-state index in [-0.39, 0.29) is 0 Å². The van der Waals surface area contributed by atoms with Gasteiger partial charge in [0.15, 0.2) is 0 Å². The minimum Gasteiger partial charge on any atom is -0.394 e. The van der Waals surface area contributed by atoms with Crippen LogP contribution in [0.15, 0.2) is 0 Å². The minimum atomic E-state index is -1.84. The fraction of sp³-hybridized carbons (Fsp3) is 1.00. The van der Waals surface area contributed by atoms with E-state index in [2.05, 4.69) is 20.4 Å². The van der Waals surface area contributed by atoms with Crippen LogP contribution in [0, 0.1) is 0 Å². The summed E-state index contributed by atoms with van der Waals surface area (Å²) in [6, 6.07) is 0. The van der Waals surface area contributed by atoms with Crippen LogP contribution in [0.2, 0.25) is 12.1 Å². The van der Waals surface area contributed by atoms with E-state index in [1.807, 2.05) is 0 Å². The Labute approximate surface area is 89.2 Å². The third-order valence-electron chi connectivity index (χ3n) is 3.12. The van der Waals surface area contributed by atoms with Gasteiger partial charge in [-0.05, 0) is 32.7 Å². The van der Waals surface area contributed by atoms with Crippen LogP contribution in [0.5, 0.6) is 0 Å². The molecule has 1 unspecified atom stereocenters. The maximum Gasteiger partial charge on any atom is 0.338 e. The maximum atomic E-state index is 6.02. The SMILES string of the molecule is CCCO[Si](C)(OCC)C1CCCC1. The lowest BCUT2D eigenvalue weighted by Crippen LogP contribution is -2.43. The predicted molar refractivity (Wildman–Crippen MR) is 61.7 cm³/mol. The lowest BCUT2D eigenvalue weighted by Gasteiger charge is -2.31. The van der Waals surface area contributed by atoms with Crippen molar-refractivity contribution in [3.63, 3.8) is 0 Å². The number of rotatable bonds is 6. The molecule has 0 spiro atoms. The van der Waals surface area contributed by atoms with Crippen LogP contribution in [0.25, 0.3) is 0 Å². The molecule has 0 heterocycles. The fourth-order valence-corrected chi connectivity index (χ4v) is 5.51. The zero-order valence-corrected chi connectivity index (χ0v) is 10.8. The highest BCUT2D eigenvalue weighted by molar-refractivity contribution is 6.67. The van der Waals surface area contributed by atoms with Crippen LogP contribution in [0.1, 0.15) is 46.0 Å². The molecular weight excluding hydrogens is 192 g/mol. The molecule has 0 bridgehead atoms. The highest BCUT2D eigenvalue weighted by Gasteiger charge is 2.41. The van der Waals surface area contributed by atoms with E-state index >= 15 is 0 Å². The molecule has 0 aromatic carbocycles. The van der Waals surface area contributed by atoms with E-state index in [0.29, 0.717) is 0 Å². The zero-order chi connectivity index (χ0) is 10.4. The van der Waals surface area contributed by atoms with Crippen molar-refractivity contribution < 1.29 is 8.85 Å². The molecule has 1 fully saturated rings. The van der Waals surface area contributed by atoms with Crippen LogP contribution in [-0.2, 0) is 8.85 Å². The Bertz CT molecular complexity index is 157. The largest absolute Gasteiger partial charge is 0.394 e. The van der Waals surface area contributed by atoms with Gasteiger partial charge in [-0.1, -0.05) is 19.8 Å². The minimum absolute atomic E-state index is 0.744. The third-order valence-corrected chi connectivity index (χ3v) is 6.82. The van der Waals surface area contributed by atoms with Gasteiger partial charge in [-0.2, -0.15) is 0 Å². The van der Waals surface area contributed by atoms with Gasteiger partial charge < -0.3 is 8.85 Å². The van der Waals surface area contributed by atoms with Crippen molar-refractivity contribution in [2.24, 2.45) is 0 Å².